The Kier molecular flexibility index (Phi) is 70.4. The van der Waals surface area contributed by atoms with Crippen LogP contribution in [0.15, 0.2) is 219 Å². The summed E-state index contributed by atoms with van der Waals surface area (Å²) < 4.78 is 23.0. The Balaban J connectivity index is 4.23. The fourth-order valence-electron chi connectivity index (χ4n) is 9.53. The van der Waals surface area contributed by atoms with Crippen LogP contribution in [0.2, 0.25) is 0 Å². The zero-order valence-corrected chi connectivity index (χ0v) is 61.9. The Morgan fingerprint density at radius 1 is 0.309 bits per heavy atom. The van der Waals surface area contributed by atoms with Crippen molar-refractivity contribution < 1.29 is 42.9 Å². The van der Waals surface area contributed by atoms with Gasteiger partial charge in [-0.3, -0.25) is 9.59 Å². The number of hydrogen-bond acceptors (Lipinski definition) is 7. The topological polar surface area (TPSA) is 108 Å². The van der Waals surface area contributed by atoms with Crippen LogP contribution in [0.3, 0.4) is 0 Å². The molecule has 97 heavy (non-hydrogen) atoms. The zero-order chi connectivity index (χ0) is 70.4. The van der Waals surface area contributed by atoms with Crippen molar-refractivity contribution >= 4 is 17.9 Å². The number of likely N-dealkylation sites (N-methyl/N-ethyl adjacent to an activating group) is 1. The normalized spacial score (nSPS) is 13.9. The van der Waals surface area contributed by atoms with Crippen molar-refractivity contribution in [3.63, 3.8) is 0 Å². The molecule has 0 aromatic heterocycles. The summed E-state index contributed by atoms with van der Waals surface area (Å²) in [7, 11) is 5.95. The molecule has 0 saturated carbocycles. The van der Waals surface area contributed by atoms with Crippen molar-refractivity contribution in [3.8, 4) is 0 Å². The third kappa shape index (κ3) is 76.8. The number of quaternary nitrogens is 1. The molecule has 0 aliphatic rings. The molecule has 0 bridgehead atoms. The maximum Gasteiger partial charge on any atom is 0.361 e. The third-order valence-electron chi connectivity index (χ3n) is 15.2. The van der Waals surface area contributed by atoms with Gasteiger partial charge in [0.25, 0.3) is 6.29 Å². The van der Waals surface area contributed by atoms with Crippen molar-refractivity contribution in [2.45, 2.75) is 270 Å². The molecule has 0 aliphatic heterocycles. The summed E-state index contributed by atoms with van der Waals surface area (Å²) >= 11 is 0. The smallest absolute Gasteiger partial charge is 0.361 e. The van der Waals surface area contributed by atoms with Gasteiger partial charge in [-0.2, -0.15) is 0 Å². The van der Waals surface area contributed by atoms with Crippen molar-refractivity contribution in [3.05, 3.63) is 219 Å². The third-order valence-corrected chi connectivity index (χ3v) is 15.2. The largest absolute Gasteiger partial charge is 0.477 e. The molecule has 0 saturated heterocycles. The highest BCUT2D eigenvalue weighted by Gasteiger charge is 2.25. The number of carboxylic acids is 1. The lowest BCUT2D eigenvalue weighted by Gasteiger charge is -2.25. The highest BCUT2D eigenvalue weighted by atomic mass is 16.7. The zero-order valence-electron chi connectivity index (χ0n) is 61.9. The minimum atomic E-state index is -1.53. The number of carbonyl (C=O) groups excluding carboxylic acids is 2. The highest BCUT2D eigenvalue weighted by molar-refractivity contribution is 5.71. The molecule has 9 nitrogen and oxygen atoms in total. The molecule has 0 aromatic rings. The van der Waals surface area contributed by atoms with Gasteiger partial charge in [-0.25, -0.2) is 4.79 Å². The summed E-state index contributed by atoms with van der Waals surface area (Å²) in [5.74, 6) is -2.06. The number of carbonyl (C=O) groups is 3. The van der Waals surface area contributed by atoms with Crippen LogP contribution in [0, 0.1) is 0 Å². The molecule has 0 rings (SSSR count). The first-order valence-corrected chi connectivity index (χ1v) is 37.9. The lowest BCUT2D eigenvalue weighted by Crippen LogP contribution is -2.40. The first-order chi connectivity index (χ1) is 47.6. The fraction of sp³-hybridized carbons (Fsp3) is 0.557. The predicted molar refractivity (Wildman–Crippen MR) is 418 cm³/mol. The summed E-state index contributed by atoms with van der Waals surface area (Å²) in [6.45, 7) is 4.59. The fourth-order valence-corrected chi connectivity index (χ4v) is 9.53. The van der Waals surface area contributed by atoms with Gasteiger partial charge in [0, 0.05) is 12.8 Å². The molecule has 0 aromatic carbocycles. The van der Waals surface area contributed by atoms with Crippen LogP contribution < -0.4 is 0 Å². The molecule has 2 unspecified atom stereocenters. The van der Waals surface area contributed by atoms with Gasteiger partial charge in [0.2, 0.25) is 0 Å². The number of carboxylic acid groups (broad SMARTS) is 1. The first kappa shape index (κ1) is 90.6. The molecular weight excluding hydrogens is 1200 g/mol. The van der Waals surface area contributed by atoms with Gasteiger partial charge in [-0.1, -0.05) is 310 Å². The van der Waals surface area contributed by atoms with E-state index in [9.17, 15) is 19.5 Å². The van der Waals surface area contributed by atoms with Gasteiger partial charge in [0.1, 0.15) is 13.2 Å². The van der Waals surface area contributed by atoms with Gasteiger partial charge in [0.05, 0.1) is 34.4 Å². The van der Waals surface area contributed by atoms with E-state index in [1.807, 2.05) is 21.1 Å². The number of aliphatic carboxylic acids is 1. The molecule has 1 N–H and O–H groups in total. The highest BCUT2D eigenvalue weighted by Crippen LogP contribution is 2.15. The first-order valence-electron chi connectivity index (χ1n) is 37.9. The average molecular weight is 1340 g/mol. The Bertz CT molecular complexity index is 2400. The molecular formula is C88H138NO8+. The second-order valence-electron chi connectivity index (χ2n) is 25.5. The van der Waals surface area contributed by atoms with Gasteiger partial charge in [-0.15, -0.1) is 0 Å². The van der Waals surface area contributed by atoms with Gasteiger partial charge in [0.15, 0.2) is 6.10 Å². The van der Waals surface area contributed by atoms with Crippen LogP contribution in [0.1, 0.15) is 258 Å². The van der Waals surface area contributed by atoms with Crippen molar-refractivity contribution in [1.82, 2.24) is 0 Å². The quantitative estimate of drug-likeness (QED) is 0.0211. The standard InChI is InChI=1S/C88H137NO8/c1-6-8-10-12-14-16-18-20-22-24-26-28-30-32-34-36-38-39-40-41-42-43-44-45-46-47-49-51-53-55-57-59-61-63-65-67-69-71-73-75-77-79-86(91)97-84(83-96-88(87(92)93)94-81-80-89(3,4)5)82-95-85(90)78-76-74-72-70-68-66-64-62-60-58-56-54-52-50-48-37-35-33-31-29-27-25-23-21-19-17-15-13-11-9-7-2/h8-11,14-17,20-23,26-29,32-35,38-39,41-42,44-45,47-50,53,55,59,61,65,67,84,88H,6-7,12-13,18-19,24-25,30-31,36-37,40,43,46,51-52,54,56-58,60,62-64,66,68-83H2,1-5H3/p+1/b10-8-,11-9-,16-14-,17-15-,22-20-,23-21-,28-26-,29-27-,34-32-,35-33-,39-38-,42-41-,45-44-,49-47-,50-48-,55-53-,61-59-,67-65-. The molecule has 9 heteroatoms. The van der Waals surface area contributed by atoms with Crippen LogP contribution in [0.25, 0.3) is 0 Å². The van der Waals surface area contributed by atoms with Crippen LogP contribution in [-0.4, -0.2) is 87.4 Å². The van der Waals surface area contributed by atoms with Gasteiger partial charge < -0.3 is 28.5 Å². The van der Waals surface area contributed by atoms with E-state index in [1.165, 1.54) is 64.2 Å². The molecule has 0 aliphatic carbocycles. The van der Waals surface area contributed by atoms with Gasteiger partial charge in [-0.05, 0) is 154 Å². The Morgan fingerprint density at radius 3 is 0.825 bits per heavy atom. The summed E-state index contributed by atoms with van der Waals surface area (Å²) in [4.78, 5) is 37.7. The second kappa shape index (κ2) is 75.4. The lowest BCUT2D eigenvalue weighted by molar-refractivity contribution is -0.870. The monoisotopic (exact) mass is 1340 g/mol. The summed E-state index contributed by atoms with van der Waals surface area (Å²) in [5.41, 5.74) is 0. The molecule has 0 heterocycles. The summed E-state index contributed by atoms with van der Waals surface area (Å²) in [6.07, 6.45) is 116. The molecule has 2 atom stereocenters. The number of hydrogen-bond donors (Lipinski definition) is 1. The van der Waals surface area contributed by atoms with Crippen molar-refractivity contribution in [2.75, 3.05) is 47.5 Å². The van der Waals surface area contributed by atoms with E-state index in [2.05, 4.69) is 233 Å². The molecule has 0 amide bonds. The predicted octanol–water partition coefficient (Wildman–Crippen LogP) is 24.5. The summed E-state index contributed by atoms with van der Waals surface area (Å²) in [6, 6.07) is 0. The maximum absolute atomic E-state index is 13.0. The van der Waals surface area contributed by atoms with Crippen LogP contribution in [0.4, 0.5) is 0 Å². The van der Waals surface area contributed by atoms with Crippen LogP contribution >= 0.6 is 0 Å². The number of rotatable bonds is 67. The Hall–Kier alpha value is -6.39. The molecule has 542 valence electrons. The number of allylic oxidation sites excluding steroid dienone is 36. The maximum atomic E-state index is 13.0. The number of unbranched alkanes of at least 4 members (excludes halogenated alkanes) is 16. The Labute approximate surface area is 594 Å². The van der Waals surface area contributed by atoms with E-state index >= 15 is 0 Å². The SMILES string of the molecule is CC/C=C\C/C=C\C/C=C\C/C=C\C/C=C\C/C=C\C/C=C\C/C=C\C/C=C\C/C=C\C/C=C\C/C=C\CCCCCCC(=O)OC(COC(=O)CCCCCCCCCCCCCC/C=C\C/C=C\C/C=C\C/C=C\C/C=C\C/C=C\CC)COC(OCC[N+](C)(C)C)C(=O)O. The van der Waals surface area contributed by atoms with Crippen LogP contribution in [0.5, 0.6) is 0 Å². The van der Waals surface area contributed by atoms with Gasteiger partial charge >= 0.3 is 17.9 Å². The van der Waals surface area contributed by atoms with E-state index in [0.29, 0.717) is 17.4 Å². The minimum Gasteiger partial charge on any atom is -0.477 e. The number of ether oxygens (including phenoxy) is 4. The molecule has 0 fully saturated rings. The Morgan fingerprint density at radius 2 is 0.557 bits per heavy atom. The second-order valence-corrected chi connectivity index (χ2v) is 25.5. The van der Waals surface area contributed by atoms with Crippen molar-refractivity contribution in [1.29, 1.82) is 0 Å². The van der Waals surface area contributed by atoms with E-state index in [0.717, 1.165) is 161 Å². The molecule has 0 spiro atoms. The van der Waals surface area contributed by atoms with Crippen molar-refractivity contribution in [2.24, 2.45) is 0 Å². The van der Waals surface area contributed by atoms with E-state index in [-0.39, 0.29) is 38.6 Å². The average Bonchev–Trinajstić information content (AvgIpc) is 3.27. The number of esters is 2. The van der Waals surface area contributed by atoms with E-state index in [4.69, 9.17) is 18.9 Å². The summed E-state index contributed by atoms with van der Waals surface area (Å²) in [5, 5.41) is 9.76. The number of nitrogens with zero attached hydrogens (tertiary/aromatic N) is 1. The minimum absolute atomic E-state index is 0.170. The van der Waals surface area contributed by atoms with E-state index in [1.54, 1.807) is 0 Å². The van der Waals surface area contributed by atoms with E-state index < -0.39 is 24.3 Å². The van der Waals surface area contributed by atoms with Crippen LogP contribution in [-0.2, 0) is 33.3 Å². The molecule has 0 radical (unpaired) electrons. The lowest BCUT2D eigenvalue weighted by atomic mass is 10.0.